The molecule has 1 saturated heterocycles. The van der Waals surface area contributed by atoms with Crippen molar-refractivity contribution in [2.75, 3.05) is 18.4 Å². The summed E-state index contributed by atoms with van der Waals surface area (Å²) in [4.78, 5) is 11.0. The number of alkyl halides is 4. The van der Waals surface area contributed by atoms with Gasteiger partial charge in [-0.2, -0.15) is 17.6 Å². The third-order valence-electron chi connectivity index (χ3n) is 4.94. The average Bonchev–Trinajstić information content (AvgIpc) is 3.16. The van der Waals surface area contributed by atoms with Crippen LogP contribution in [0.2, 0.25) is 0 Å². The predicted molar refractivity (Wildman–Crippen MR) is 105 cm³/mol. The molecule has 1 fully saturated rings. The van der Waals surface area contributed by atoms with Crippen LogP contribution in [0.4, 0.5) is 23.4 Å². The van der Waals surface area contributed by atoms with Gasteiger partial charge < -0.3 is 10.1 Å². The largest absolute Gasteiger partial charge is 0.461 e. The van der Waals surface area contributed by atoms with Gasteiger partial charge in [-0.3, -0.25) is 9.88 Å². The molecule has 9 heteroatoms. The molecule has 30 heavy (non-hydrogen) atoms. The summed E-state index contributed by atoms with van der Waals surface area (Å²) < 4.78 is 56.0. The number of anilines is 1. The summed E-state index contributed by atoms with van der Waals surface area (Å²) in [6.07, 6.45) is -5.92. The number of para-hydroxylation sites is 3. The smallest absolute Gasteiger partial charge is 0.428 e. The summed E-state index contributed by atoms with van der Waals surface area (Å²) >= 11 is 0. The van der Waals surface area contributed by atoms with E-state index < -0.39 is 12.5 Å². The zero-order valence-corrected chi connectivity index (χ0v) is 15.9. The number of benzene rings is 2. The van der Waals surface area contributed by atoms with Crippen LogP contribution in [0.5, 0.6) is 5.75 Å². The standard InChI is InChI=1S/C21H20F4N4O/c22-20(23)21(24,25)30-18-8-4-1-5-14(18)12-29-10-9-15(13-29)27-19-11-26-16-6-2-3-7-17(16)28-19/h1-8,11,15,20H,9-10,12-13H2,(H,27,28)/t15-/m1/s1. The van der Waals surface area contributed by atoms with Crippen LogP contribution in [0, 0.1) is 0 Å². The molecule has 1 N–H and O–H groups in total. The van der Waals surface area contributed by atoms with E-state index in [1.54, 1.807) is 18.3 Å². The highest BCUT2D eigenvalue weighted by atomic mass is 19.3. The van der Waals surface area contributed by atoms with E-state index in [0.29, 0.717) is 24.5 Å². The van der Waals surface area contributed by atoms with Crippen molar-refractivity contribution < 1.29 is 22.3 Å². The first-order valence-electron chi connectivity index (χ1n) is 9.54. The number of fused-ring (bicyclic) bond motifs is 1. The van der Waals surface area contributed by atoms with Crippen LogP contribution in [-0.4, -0.2) is 46.5 Å². The van der Waals surface area contributed by atoms with Crippen molar-refractivity contribution in [2.45, 2.75) is 31.5 Å². The highest BCUT2D eigenvalue weighted by Crippen LogP contribution is 2.31. The van der Waals surface area contributed by atoms with E-state index >= 15 is 0 Å². The van der Waals surface area contributed by atoms with E-state index in [-0.39, 0.29) is 11.8 Å². The second kappa shape index (κ2) is 8.43. The van der Waals surface area contributed by atoms with Crippen molar-refractivity contribution in [1.82, 2.24) is 14.9 Å². The average molecular weight is 420 g/mol. The minimum Gasteiger partial charge on any atom is -0.428 e. The molecule has 0 unspecified atom stereocenters. The molecular weight excluding hydrogens is 400 g/mol. The van der Waals surface area contributed by atoms with Crippen LogP contribution < -0.4 is 10.1 Å². The van der Waals surface area contributed by atoms with Gasteiger partial charge in [-0.05, 0) is 24.6 Å². The first-order valence-corrected chi connectivity index (χ1v) is 9.54. The lowest BCUT2D eigenvalue weighted by Gasteiger charge is -2.22. The lowest BCUT2D eigenvalue weighted by Crippen LogP contribution is -2.34. The highest BCUT2D eigenvalue weighted by Gasteiger charge is 2.44. The van der Waals surface area contributed by atoms with Crippen molar-refractivity contribution >= 4 is 16.9 Å². The van der Waals surface area contributed by atoms with Gasteiger partial charge in [0.25, 0.3) is 0 Å². The van der Waals surface area contributed by atoms with Gasteiger partial charge in [-0.25, -0.2) is 4.98 Å². The van der Waals surface area contributed by atoms with Crippen LogP contribution in [0.25, 0.3) is 11.0 Å². The van der Waals surface area contributed by atoms with Gasteiger partial charge in [0.15, 0.2) is 0 Å². The van der Waals surface area contributed by atoms with E-state index in [1.165, 1.54) is 12.1 Å². The minimum atomic E-state index is -4.53. The highest BCUT2D eigenvalue weighted by molar-refractivity contribution is 5.75. The number of halogens is 4. The maximum atomic E-state index is 13.3. The van der Waals surface area contributed by atoms with Crippen molar-refractivity contribution in [1.29, 1.82) is 0 Å². The van der Waals surface area contributed by atoms with Crippen LogP contribution in [0.3, 0.4) is 0 Å². The molecule has 1 aliphatic heterocycles. The summed E-state index contributed by atoms with van der Waals surface area (Å²) in [5, 5.41) is 3.35. The van der Waals surface area contributed by atoms with Gasteiger partial charge in [0.05, 0.1) is 17.2 Å². The van der Waals surface area contributed by atoms with Gasteiger partial charge >= 0.3 is 12.5 Å². The van der Waals surface area contributed by atoms with Crippen LogP contribution >= 0.6 is 0 Å². The molecular formula is C21H20F4N4O. The lowest BCUT2D eigenvalue weighted by molar-refractivity contribution is -0.253. The molecule has 0 aliphatic carbocycles. The van der Waals surface area contributed by atoms with Gasteiger partial charge in [-0.1, -0.05) is 30.3 Å². The van der Waals surface area contributed by atoms with E-state index in [2.05, 4.69) is 24.9 Å². The van der Waals surface area contributed by atoms with Gasteiger partial charge in [-0.15, -0.1) is 0 Å². The Hall–Kier alpha value is -2.94. The summed E-state index contributed by atoms with van der Waals surface area (Å²) in [6, 6.07) is 13.7. The molecule has 4 rings (SSSR count). The summed E-state index contributed by atoms with van der Waals surface area (Å²) in [5.74, 6) is 0.431. The van der Waals surface area contributed by atoms with E-state index in [9.17, 15) is 17.6 Å². The summed E-state index contributed by atoms with van der Waals surface area (Å²) in [6.45, 7) is 1.68. The van der Waals surface area contributed by atoms with Gasteiger partial charge in [0, 0.05) is 31.2 Å². The molecule has 0 amide bonds. The fourth-order valence-electron chi connectivity index (χ4n) is 3.50. The molecule has 1 aliphatic rings. The molecule has 0 saturated carbocycles. The van der Waals surface area contributed by atoms with Crippen molar-refractivity contribution in [3.63, 3.8) is 0 Å². The molecule has 0 spiro atoms. The first kappa shape index (κ1) is 20.3. The molecule has 5 nitrogen and oxygen atoms in total. The van der Waals surface area contributed by atoms with E-state index in [4.69, 9.17) is 0 Å². The number of nitrogens with zero attached hydrogens (tertiary/aromatic N) is 3. The minimum absolute atomic E-state index is 0.107. The zero-order valence-electron chi connectivity index (χ0n) is 15.9. The van der Waals surface area contributed by atoms with Crippen LogP contribution in [0.15, 0.2) is 54.7 Å². The quantitative estimate of drug-likeness (QED) is 0.569. The first-order chi connectivity index (χ1) is 14.4. The Bertz CT molecular complexity index is 1020. The summed E-state index contributed by atoms with van der Waals surface area (Å²) in [7, 11) is 0. The molecule has 0 bridgehead atoms. The van der Waals surface area contributed by atoms with Crippen LogP contribution in [0.1, 0.15) is 12.0 Å². The lowest BCUT2D eigenvalue weighted by atomic mass is 10.2. The maximum Gasteiger partial charge on any atom is 0.461 e. The van der Waals surface area contributed by atoms with E-state index in [1.807, 2.05) is 24.3 Å². The number of likely N-dealkylation sites (tertiary alicyclic amines) is 1. The van der Waals surface area contributed by atoms with Crippen molar-refractivity contribution in [3.05, 3.63) is 60.3 Å². The molecule has 2 heterocycles. The van der Waals surface area contributed by atoms with E-state index in [0.717, 1.165) is 24.0 Å². The topological polar surface area (TPSA) is 50.3 Å². The molecule has 0 radical (unpaired) electrons. The third-order valence-corrected chi connectivity index (χ3v) is 4.94. The second-order valence-electron chi connectivity index (χ2n) is 7.18. The van der Waals surface area contributed by atoms with Gasteiger partial charge in [0.2, 0.25) is 0 Å². The number of nitrogens with one attached hydrogen (secondary N) is 1. The van der Waals surface area contributed by atoms with Crippen molar-refractivity contribution in [2.24, 2.45) is 0 Å². The Balaban J connectivity index is 1.39. The normalized spacial score (nSPS) is 17.6. The Morgan fingerprint density at radius 2 is 1.83 bits per heavy atom. The molecule has 2 aromatic carbocycles. The predicted octanol–water partition coefficient (Wildman–Crippen LogP) is 4.55. The van der Waals surface area contributed by atoms with Crippen molar-refractivity contribution in [3.8, 4) is 5.75 Å². The number of hydrogen-bond acceptors (Lipinski definition) is 5. The third kappa shape index (κ3) is 4.62. The number of ether oxygens (including phenoxy) is 1. The summed E-state index contributed by atoms with van der Waals surface area (Å²) in [5.41, 5.74) is 2.04. The SMILES string of the molecule is FC(F)C(F)(F)Oc1ccccc1CN1CC[C@@H](Nc2cnc3ccccc3n2)C1. The molecule has 158 valence electrons. The Labute approximate surface area is 170 Å². The Morgan fingerprint density at radius 3 is 2.63 bits per heavy atom. The fraction of sp³-hybridized carbons (Fsp3) is 0.333. The monoisotopic (exact) mass is 420 g/mol. The second-order valence-corrected chi connectivity index (χ2v) is 7.18. The number of hydrogen-bond donors (Lipinski definition) is 1. The van der Waals surface area contributed by atoms with Gasteiger partial charge in [0.1, 0.15) is 11.6 Å². The molecule has 1 atom stereocenters. The molecule has 1 aromatic heterocycles. The zero-order chi connectivity index (χ0) is 21.1. The maximum absolute atomic E-state index is 13.3. The Morgan fingerprint density at radius 1 is 1.10 bits per heavy atom. The number of aromatic nitrogens is 2. The number of rotatable bonds is 7. The fourth-order valence-corrected chi connectivity index (χ4v) is 3.50. The Kier molecular flexibility index (Phi) is 5.72. The molecule has 3 aromatic rings. The van der Waals surface area contributed by atoms with Crippen LogP contribution in [-0.2, 0) is 6.54 Å².